The van der Waals surface area contributed by atoms with E-state index in [9.17, 15) is 4.39 Å². The molecule has 0 saturated heterocycles. The fourth-order valence-corrected chi connectivity index (χ4v) is 3.63. The lowest BCUT2D eigenvalue weighted by Gasteiger charge is -2.15. The molecule has 0 saturated carbocycles. The van der Waals surface area contributed by atoms with Crippen LogP contribution in [0.1, 0.15) is 85.0 Å². The molecule has 0 radical (unpaired) electrons. The maximum Gasteiger partial charge on any atom is 0.165 e. The van der Waals surface area contributed by atoms with Gasteiger partial charge in [0.15, 0.2) is 11.6 Å². The summed E-state index contributed by atoms with van der Waals surface area (Å²) in [5.74, 6) is 0.881. The van der Waals surface area contributed by atoms with Crippen molar-refractivity contribution in [1.82, 2.24) is 0 Å². The number of hydrogen-bond acceptors (Lipinski definition) is 2. The Bertz CT molecular complexity index is 711. The zero-order chi connectivity index (χ0) is 21.6. The van der Waals surface area contributed by atoms with Crippen molar-refractivity contribution in [2.75, 3.05) is 6.61 Å². The molecular formula is C27H39FO2. The first kappa shape index (κ1) is 24.2. The molecule has 2 rings (SSSR count). The third kappa shape index (κ3) is 8.77. The van der Waals surface area contributed by atoms with Gasteiger partial charge in [-0.1, -0.05) is 83.4 Å². The van der Waals surface area contributed by atoms with Crippen LogP contribution in [0.15, 0.2) is 42.5 Å². The van der Waals surface area contributed by atoms with E-state index < -0.39 is 0 Å². The van der Waals surface area contributed by atoms with Crippen LogP contribution < -0.4 is 9.47 Å². The highest BCUT2D eigenvalue weighted by Gasteiger charge is 2.10. The van der Waals surface area contributed by atoms with E-state index in [1.54, 1.807) is 12.1 Å². The molecular weight excluding hydrogens is 375 g/mol. The predicted octanol–water partition coefficient (Wildman–Crippen LogP) is 8.58. The van der Waals surface area contributed by atoms with E-state index in [1.165, 1.54) is 44.9 Å². The van der Waals surface area contributed by atoms with Crippen LogP contribution >= 0.6 is 0 Å². The van der Waals surface area contributed by atoms with Crippen molar-refractivity contribution in [3.8, 4) is 22.6 Å². The number of benzene rings is 2. The van der Waals surface area contributed by atoms with Gasteiger partial charge in [0.2, 0.25) is 0 Å². The highest BCUT2D eigenvalue weighted by molar-refractivity contribution is 5.65. The van der Waals surface area contributed by atoms with E-state index >= 15 is 0 Å². The third-order valence-electron chi connectivity index (χ3n) is 5.41. The minimum Gasteiger partial charge on any atom is -0.494 e. The zero-order valence-electron chi connectivity index (χ0n) is 19.1. The van der Waals surface area contributed by atoms with E-state index in [2.05, 4.69) is 13.8 Å². The summed E-state index contributed by atoms with van der Waals surface area (Å²) in [6, 6.07) is 13.1. The van der Waals surface area contributed by atoms with Gasteiger partial charge in [0.05, 0.1) is 12.7 Å². The summed E-state index contributed by atoms with van der Waals surface area (Å²) < 4.78 is 26.0. The van der Waals surface area contributed by atoms with Crippen LogP contribution in [0.4, 0.5) is 4.39 Å². The minimum atomic E-state index is -0.314. The Balaban J connectivity index is 1.75. The van der Waals surface area contributed by atoms with Gasteiger partial charge in [-0.2, -0.15) is 0 Å². The van der Waals surface area contributed by atoms with Crippen LogP contribution in [0.3, 0.4) is 0 Å². The van der Waals surface area contributed by atoms with Gasteiger partial charge in [-0.05, 0) is 55.2 Å². The van der Waals surface area contributed by atoms with Crippen molar-refractivity contribution in [2.45, 2.75) is 91.1 Å². The molecule has 0 N–H and O–H groups in total. The molecule has 2 aromatic rings. The SMILES string of the molecule is CCCCCCCCCCOc1ccc(-c2ccc(O[C@@H](C)CCC)c(F)c2)cc1. The number of rotatable bonds is 15. The van der Waals surface area contributed by atoms with Crippen molar-refractivity contribution in [3.05, 3.63) is 48.3 Å². The fraction of sp³-hybridized carbons (Fsp3) is 0.556. The molecule has 30 heavy (non-hydrogen) atoms. The van der Waals surface area contributed by atoms with Gasteiger partial charge in [-0.15, -0.1) is 0 Å². The molecule has 2 aromatic carbocycles. The highest BCUT2D eigenvalue weighted by atomic mass is 19.1. The van der Waals surface area contributed by atoms with Crippen LogP contribution in [-0.4, -0.2) is 12.7 Å². The smallest absolute Gasteiger partial charge is 0.165 e. The maximum atomic E-state index is 14.4. The summed E-state index contributed by atoms with van der Waals surface area (Å²) in [6.07, 6.45) is 12.3. The van der Waals surface area contributed by atoms with Crippen molar-refractivity contribution in [2.24, 2.45) is 0 Å². The second-order valence-electron chi connectivity index (χ2n) is 8.21. The first-order valence-corrected chi connectivity index (χ1v) is 11.8. The molecule has 166 valence electrons. The van der Waals surface area contributed by atoms with Gasteiger partial charge < -0.3 is 9.47 Å². The molecule has 0 amide bonds. The number of unbranched alkanes of at least 4 members (excludes halogenated alkanes) is 7. The third-order valence-corrected chi connectivity index (χ3v) is 5.41. The maximum absolute atomic E-state index is 14.4. The largest absolute Gasteiger partial charge is 0.494 e. The van der Waals surface area contributed by atoms with Crippen LogP contribution in [0.2, 0.25) is 0 Å². The lowest BCUT2D eigenvalue weighted by Crippen LogP contribution is -2.11. The van der Waals surface area contributed by atoms with Crippen molar-refractivity contribution < 1.29 is 13.9 Å². The summed E-state index contributed by atoms with van der Waals surface area (Å²) in [6.45, 7) is 7.08. The molecule has 0 bridgehead atoms. The Labute approximate surface area is 182 Å². The zero-order valence-corrected chi connectivity index (χ0v) is 19.1. The lowest BCUT2D eigenvalue weighted by atomic mass is 10.1. The van der Waals surface area contributed by atoms with Crippen LogP contribution in [0.25, 0.3) is 11.1 Å². The Hall–Kier alpha value is -2.03. The summed E-state index contributed by atoms with van der Waals surface area (Å²) in [7, 11) is 0. The second-order valence-corrected chi connectivity index (χ2v) is 8.21. The topological polar surface area (TPSA) is 18.5 Å². The Morgan fingerprint density at radius 1 is 0.767 bits per heavy atom. The van der Waals surface area contributed by atoms with Gasteiger partial charge in [0.25, 0.3) is 0 Å². The van der Waals surface area contributed by atoms with Crippen LogP contribution in [0.5, 0.6) is 11.5 Å². The van der Waals surface area contributed by atoms with E-state index in [0.717, 1.165) is 42.7 Å². The van der Waals surface area contributed by atoms with E-state index in [0.29, 0.717) is 5.75 Å². The molecule has 0 aliphatic heterocycles. The van der Waals surface area contributed by atoms with Gasteiger partial charge in [0, 0.05) is 0 Å². The predicted molar refractivity (Wildman–Crippen MR) is 125 cm³/mol. The molecule has 3 heteroatoms. The quantitative estimate of drug-likeness (QED) is 0.272. The molecule has 0 aromatic heterocycles. The molecule has 1 atom stereocenters. The second kappa shape index (κ2) is 14.1. The number of hydrogen-bond donors (Lipinski definition) is 0. The molecule has 0 spiro atoms. The molecule has 0 fully saturated rings. The van der Waals surface area contributed by atoms with E-state index in [4.69, 9.17) is 9.47 Å². The van der Waals surface area contributed by atoms with Gasteiger partial charge in [0.1, 0.15) is 5.75 Å². The fourth-order valence-electron chi connectivity index (χ4n) is 3.63. The van der Waals surface area contributed by atoms with E-state index in [-0.39, 0.29) is 11.9 Å². The van der Waals surface area contributed by atoms with Crippen molar-refractivity contribution in [1.29, 1.82) is 0 Å². The molecule has 0 aliphatic carbocycles. The summed E-state index contributed by atoms with van der Waals surface area (Å²) in [5, 5.41) is 0. The average Bonchev–Trinajstić information content (AvgIpc) is 2.74. The summed E-state index contributed by atoms with van der Waals surface area (Å²) >= 11 is 0. The van der Waals surface area contributed by atoms with Gasteiger partial charge >= 0.3 is 0 Å². The van der Waals surface area contributed by atoms with Gasteiger partial charge in [-0.25, -0.2) is 4.39 Å². The molecule has 0 heterocycles. The van der Waals surface area contributed by atoms with Crippen molar-refractivity contribution in [3.63, 3.8) is 0 Å². The number of ether oxygens (including phenoxy) is 2. The van der Waals surface area contributed by atoms with E-state index in [1.807, 2.05) is 37.3 Å². The average molecular weight is 415 g/mol. The van der Waals surface area contributed by atoms with Crippen molar-refractivity contribution >= 4 is 0 Å². The summed E-state index contributed by atoms with van der Waals surface area (Å²) in [4.78, 5) is 0. The van der Waals surface area contributed by atoms with Crippen LogP contribution in [0, 0.1) is 5.82 Å². The number of halogens is 1. The Morgan fingerprint density at radius 3 is 2.03 bits per heavy atom. The summed E-state index contributed by atoms with van der Waals surface area (Å²) in [5.41, 5.74) is 1.82. The standard InChI is InChI=1S/C27H39FO2/c1-4-6-7-8-9-10-11-12-20-29-25-17-14-23(15-18-25)24-16-19-27(26(28)21-24)30-22(3)13-5-2/h14-19,21-22H,4-13,20H2,1-3H3/t22-/m0/s1. The molecule has 2 nitrogen and oxygen atoms in total. The Kier molecular flexibility index (Phi) is 11.4. The normalized spacial score (nSPS) is 12.0. The first-order chi connectivity index (χ1) is 14.6. The molecule has 0 aliphatic rings. The minimum absolute atomic E-state index is 0.0211. The highest BCUT2D eigenvalue weighted by Crippen LogP contribution is 2.28. The van der Waals surface area contributed by atoms with Crippen LogP contribution in [-0.2, 0) is 0 Å². The molecule has 0 unspecified atom stereocenters. The monoisotopic (exact) mass is 414 g/mol. The first-order valence-electron chi connectivity index (χ1n) is 11.8. The Morgan fingerprint density at radius 2 is 1.40 bits per heavy atom. The lowest BCUT2D eigenvalue weighted by molar-refractivity contribution is 0.201. The van der Waals surface area contributed by atoms with Gasteiger partial charge in [-0.3, -0.25) is 0 Å².